The summed E-state index contributed by atoms with van der Waals surface area (Å²) in [6, 6.07) is 6.63. The van der Waals surface area contributed by atoms with Gasteiger partial charge >= 0.3 is 0 Å². The lowest BCUT2D eigenvalue weighted by molar-refractivity contribution is 0.457. The lowest BCUT2D eigenvalue weighted by Gasteiger charge is -2.29. The van der Waals surface area contributed by atoms with E-state index in [4.69, 9.17) is 0 Å². The molecule has 0 saturated carbocycles. The van der Waals surface area contributed by atoms with Gasteiger partial charge in [0.05, 0.1) is 0 Å². The molecule has 1 rings (SSSR count). The van der Waals surface area contributed by atoms with E-state index in [1.807, 2.05) is 37.9 Å². The molecular weight excluding hydrogens is 256 g/mol. The van der Waals surface area contributed by atoms with Gasteiger partial charge in [0.15, 0.2) is 0 Å². The fraction of sp³-hybridized carbons (Fsp3) is 0.600. The Kier molecular flexibility index (Phi) is 6.52. The second-order valence-electron chi connectivity index (χ2n) is 4.88. The SMILES string of the molecule is CCC(CSC)N(C)c1ccc(C(C)NC)c(O)c1. The summed E-state index contributed by atoms with van der Waals surface area (Å²) in [5.41, 5.74) is 2.02. The van der Waals surface area contributed by atoms with Crippen LogP contribution in [0, 0.1) is 0 Å². The van der Waals surface area contributed by atoms with Gasteiger partial charge in [0.1, 0.15) is 5.75 Å². The van der Waals surface area contributed by atoms with Crippen molar-refractivity contribution in [1.82, 2.24) is 5.32 Å². The van der Waals surface area contributed by atoms with Crippen LogP contribution in [0.25, 0.3) is 0 Å². The van der Waals surface area contributed by atoms with Crippen LogP contribution in [0.5, 0.6) is 5.75 Å². The maximum Gasteiger partial charge on any atom is 0.122 e. The molecule has 1 aromatic carbocycles. The maximum atomic E-state index is 10.2. The first-order chi connectivity index (χ1) is 9.04. The zero-order valence-electron chi connectivity index (χ0n) is 12.6. The Balaban J connectivity index is 2.93. The number of nitrogens with one attached hydrogen (secondary N) is 1. The smallest absolute Gasteiger partial charge is 0.122 e. The minimum absolute atomic E-state index is 0.160. The highest BCUT2D eigenvalue weighted by molar-refractivity contribution is 7.98. The van der Waals surface area contributed by atoms with Gasteiger partial charge in [0.25, 0.3) is 0 Å². The molecule has 0 radical (unpaired) electrons. The van der Waals surface area contributed by atoms with Gasteiger partial charge in [-0.15, -0.1) is 0 Å². The molecule has 108 valence electrons. The Labute approximate surface area is 121 Å². The summed E-state index contributed by atoms with van der Waals surface area (Å²) in [6.45, 7) is 4.25. The quantitative estimate of drug-likeness (QED) is 0.805. The average Bonchev–Trinajstić information content (AvgIpc) is 2.43. The first-order valence-electron chi connectivity index (χ1n) is 6.77. The van der Waals surface area contributed by atoms with E-state index in [2.05, 4.69) is 36.5 Å². The van der Waals surface area contributed by atoms with Crippen molar-refractivity contribution in [1.29, 1.82) is 0 Å². The van der Waals surface area contributed by atoms with E-state index in [9.17, 15) is 5.11 Å². The molecule has 2 N–H and O–H groups in total. The minimum Gasteiger partial charge on any atom is -0.508 e. The third kappa shape index (κ3) is 4.05. The largest absolute Gasteiger partial charge is 0.508 e. The number of rotatable bonds is 7. The minimum atomic E-state index is 0.160. The first kappa shape index (κ1) is 16.2. The van der Waals surface area contributed by atoms with Crippen LogP contribution >= 0.6 is 11.8 Å². The Morgan fingerprint density at radius 2 is 2.11 bits per heavy atom. The second-order valence-corrected chi connectivity index (χ2v) is 5.79. The first-order valence-corrected chi connectivity index (χ1v) is 8.16. The lowest BCUT2D eigenvalue weighted by atomic mass is 10.1. The van der Waals surface area contributed by atoms with Crippen molar-refractivity contribution < 1.29 is 5.11 Å². The van der Waals surface area contributed by atoms with Crippen LogP contribution in [0.4, 0.5) is 5.69 Å². The highest BCUT2D eigenvalue weighted by Crippen LogP contribution is 2.29. The van der Waals surface area contributed by atoms with Gasteiger partial charge < -0.3 is 15.3 Å². The Morgan fingerprint density at radius 1 is 1.42 bits per heavy atom. The molecule has 0 saturated heterocycles. The van der Waals surface area contributed by atoms with Gasteiger partial charge in [-0.2, -0.15) is 11.8 Å². The molecule has 0 aromatic heterocycles. The fourth-order valence-corrected chi connectivity index (χ4v) is 3.02. The molecule has 0 fully saturated rings. The summed E-state index contributed by atoms with van der Waals surface area (Å²) >= 11 is 1.86. The Bertz CT molecular complexity index is 398. The normalized spacial score (nSPS) is 14.2. The number of hydrogen-bond donors (Lipinski definition) is 2. The summed E-state index contributed by atoms with van der Waals surface area (Å²) in [5.74, 6) is 1.47. The van der Waals surface area contributed by atoms with Gasteiger partial charge in [-0.1, -0.05) is 13.0 Å². The summed E-state index contributed by atoms with van der Waals surface area (Å²) < 4.78 is 0. The molecule has 0 spiro atoms. The number of phenolic OH excluding ortho intramolecular Hbond substituents is 1. The van der Waals surface area contributed by atoms with Gasteiger partial charge in [0, 0.05) is 42.2 Å². The predicted molar refractivity (Wildman–Crippen MR) is 86.4 cm³/mol. The van der Waals surface area contributed by atoms with E-state index in [0.29, 0.717) is 11.8 Å². The van der Waals surface area contributed by atoms with Crippen molar-refractivity contribution in [2.45, 2.75) is 32.4 Å². The molecule has 0 aliphatic rings. The van der Waals surface area contributed by atoms with Gasteiger partial charge in [-0.3, -0.25) is 0 Å². The van der Waals surface area contributed by atoms with E-state index < -0.39 is 0 Å². The molecule has 0 heterocycles. The summed E-state index contributed by atoms with van der Waals surface area (Å²) in [4.78, 5) is 2.25. The molecule has 0 amide bonds. The molecule has 0 bridgehead atoms. The molecule has 4 heteroatoms. The Hall–Kier alpha value is -0.870. The van der Waals surface area contributed by atoms with Crippen LogP contribution < -0.4 is 10.2 Å². The molecule has 2 unspecified atom stereocenters. The molecular formula is C15H26N2OS. The van der Waals surface area contributed by atoms with Crippen LogP contribution in [-0.4, -0.2) is 37.3 Å². The number of nitrogens with zero attached hydrogens (tertiary/aromatic N) is 1. The summed E-state index contributed by atoms with van der Waals surface area (Å²) in [6.07, 6.45) is 3.23. The van der Waals surface area contributed by atoms with Gasteiger partial charge in [-0.25, -0.2) is 0 Å². The number of benzene rings is 1. The van der Waals surface area contributed by atoms with Crippen molar-refractivity contribution in [2.75, 3.05) is 31.0 Å². The third-order valence-electron chi connectivity index (χ3n) is 3.70. The third-order valence-corrected chi connectivity index (χ3v) is 4.42. The van der Waals surface area contributed by atoms with Gasteiger partial charge in [0.2, 0.25) is 0 Å². The number of hydrogen-bond acceptors (Lipinski definition) is 4. The highest BCUT2D eigenvalue weighted by atomic mass is 32.2. The van der Waals surface area contributed by atoms with Crippen molar-refractivity contribution in [2.24, 2.45) is 0 Å². The van der Waals surface area contributed by atoms with E-state index in [1.54, 1.807) is 0 Å². The number of anilines is 1. The maximum absolute atomic E-state index is 10.2. The van der Waals surface area contributed by atoms with Crippen molar-refractivity contribution in [3.8, 4) is 5.75 Å². The second kappa shape index (κ2) is 7.65. The monoisotopic (exact) mass is 282 g/mol. The highest BCUT2D eigenvalue weighted by Gasteiger charge is 2.15. The van der Waals surface area contributed by atoms with Crippen LogP contribution in [-0.2, 0) is 0 Å². The van der Waals surface area contributed by atoms with Crippen molar-refractivity contribution in [3.05, 3.63) is 23.8 Å². The zero-order valence-corrected chi connectivity index (χ0v) is 13.4. The number of aromatic hydroxyl groups is 1. The van der Waals surface area contributed by atoms with Gasteiger partial charge in [-0.05, 0) is 32.7 Å². The molecule has 3 nitrogen and oxygen atoms in total. The van der Waals surface area contributed by atoms with Crippen LogP contribution in [0.3, 0.4) is 0 Å². The Morgan fingerprint density at radius 3 is 2.58 bits per heavy atom. The van der Waals surface area contributed by atoms with E-state index >= 15 is 0 Å². The van der Waals surface area contributed by atoms with Crippen molar-refractivity contribution >= 4 is 17.4 Å². The van der Waals surface area contributed by atoms with E-state index in [-0.39, 0.29) is 6.04 Å². The van der Waals surface area contributed by atoms with Crippen LogP contribution in [0.2, 0.25) is 0 Å². The number of phenols is 1. The van der Waals surface area contributed by atoms with Crippen molar-refractivity contribution in [3.63, 3.8) is 0 Å². The standard InChI is InChI=1S/C15H26N2OS/c1-6-12(10-19-5)17(4)13-7-8-14(11(2)16-3)15(18)9-13/h7-9,11-12,16,18H,6,10H2,1-5H3. The number of thioether (sulfide) groups is 1. The summed E-state index contributed by atoms with van der Waals surface area (Å²) in [7, 11) is 4.00. The summed E-state index contributed by atoms with van der Waals surface area (Å²) in [5, 5.41) is 13.3. The molecule has 0 aliphatic carbocycles. The molecule has 2 atom stereocenters. The molecule has 19 heavy (non-hydrogen) atoms. The van der Waals surface area contributed by atoms with Crippen LogP contribution in [0.15, 0.2) is 18.2 Å². The zero-order chi connectivity index (χ0) is 14.4. The fourth-order valence-electron chi connectivity index (χ4n) is 2.18. The molecule has 0 aliphatic heterocycles. The van der Waals surface area contributed by atoms with E-state index in [0.717, 1.165) is 23.4 Å². The molecule has 1 aromatic rings. The van der Waals surface area contributed by atoms with Crippen LogP contribution in [0.1, 0.15) is 31.9 Å². The van der Waals surface area contributed by atoms with E-state index in [1.165, 1.54) is 0 Å². The lowest BCUT2D eigenvalue weighted by Crippen LogP contribution is -2.33. The predicted octanol–water partition coefficient (Wildman–Crippen LogP) is 3.25. The average molecular weight is 282 g/mol. The topological polar surface area (TPSA) is 35.5 Å².